The normalized spacial score (nSPS) is 16.3. The topological polar surface area (TPSA) is 49.8 Å². The molecule has 3 rings (SSSR count). The summed E-state index contributed by atoms with van der Waals surface area (Å²) in [4.78, 5) is 4.23. The van der Waals surface area contributed by atoms with Crippen molar-refractivity contribution in [1.82, 2.24) is 4.98 Å². The standard InChI is InChI=1S/C17H18ClNO4/c1-17(22-7-8-23-17)13-5-6-19-16(10-13)21-11-12-9-14(18)3-4-15(12)20-2/h3-6,9-10H,7-8,11H2,1-2H3. The molecule has 0 unspecified atom stereocenters. The van der Waals surface area contributed by atoms with Crippen LogP contribution >= 0.6 is 11.6 Å². The number of aromatic nitrogens is 1. The maximum absolute atomic E-state index is 6.03. The molecule has 0 atom stereocenters. The van der Waals surface area contributed by atoms with E-state index in [4.69, 9.17) is 30.5 Å². The monoisotopic (exact) mass is 335 g/mol. The van der Waals surface area contributed by atoms with E-state index < -0.39 is 5.79 Å². The quantitative estimate of drug-likeness (QED) is 0.836. The van der Waals surface area contributed by atoms with Crippen molar-refractivity contribution < 1.29 is 18.9 Å². The summed E-state index contributed by atoms with van der Waals surface area (Å²) in [5.41, 5.74) is 1.73. The Balaban J connectivity index is 1.75. The first-order valence-corrected chi connectivity index (χ1v) is 7.68. The van der Waals surface area contributed by atoms with Crippen LogP contribution in [0, 0.1) is 0 Å². The summed E-state index contributed by atoms with van der Waals surface area (Å²) in [6.45, 7) is 3.35. The highest BCUT2D eigenvalue weighted by atomic mass is 35.5. The molecule has 5 nitrogen and oxygen atoms in total. The zero-order valence-corrected chi connectivity index (χ0v) is 13.8. The predicted octanol–water partition coefficient (Wildman–Crippen LogP) is 3.54. The zero-order valence-electron chi connectivity index (χ0n) is 13.0. The number of halogens is 1. The van der Waals surface area contributed by atoms with E-state index in [1.54, 1.807) is 19.4 Å². The number of hydrogen-bond acceptors (Lipinski definition) is 5. The molecule has 0 amide bonds. The molecule has 1 fully saturated rings. The molecule has 1 aliphatic rings. The zero-order chi connectivity index (χ0) is 16.3. The SMILES string of the molecule is COc1ccc(Cl)cc1COc1cc(C2(C)OCCO2)ccn1. The fourth-order valence-corrected chi connectivity index (χ4v) is 2.66. The smallest absolute Gasteiger partial charge is 0.213 e. The third-order valence-electron chi connectivity index (χ3n) is 3.72. The highest BCUT2D eigenvalue weighted by molar-refractivity contribution is 6.30. The van der Waals surface area contributed by atoms with Gasteiger partial charge in [-0.1, -0.05) is 11.6 Å². The van der Waals surface area contributed by atoms with E-state index in [1.165, 1.54) is 0 Å². The van der Waals surface area contributed by atoms with Gasteiger partial charge in [-0.15, -0.1) is 0 Å². The second-order valence-corrected chi connectivity index (χ2v) is 5.71. The highest BCUT2D eigenvalue weighted by Gasteiger charge is 2.33. The molecule has 0 N–H and O–H groups in total. The molecule has 1 aliphatic heterocycles. The summed E-state index contributed by atoms with van der Waals surface area (Å²) in [5, 5.41) is 0.631. The lowest BCUT2D eigenvalue weighted by molar-refractivity contribution is -0.149. The van der Waals surface area contributed by atoms with Gasteiger partial charge in [-0.25, -0.2) is 4.98 Å². The number of ether oxygens (including phenoxy) is 4. The van der Waals surface area contributed by atoms with Crippen molar-refractivity contribution in [2.45, 2.75) is 19.3 Å². The Bertz CT molecular complexity index is 686. The van der Waals surface area contributed by atoms with E-state index in [1.807, 2.05) is 31.2 Å². The van der Waals surface area contributed by atoms with Gasteiger partial charge < -0.3 is 18.9 Å². The molecule has 1 aromatic heterocycles. The lowest BCUT2D eigenvalue weighted by Gasteiger charge is -2.22. The van der Waals surface area contributed by atoms with E-state index in [9.17, 15) is 0 Å². The number of nitrogens with zero attached hydrogens (tertiary/aromatic N) is 1. The summed E-state index contributed by atoms with van der Waals surface area (Å²) in [7, 11) is 1.61. The van der Waals surface area contributed by atoms with E-state index in [0.29, 0.717) is 30.7 Å². The van der Waals surface area contributed by atoms with E-state index in [0.717, 1.165) is 16.9 Å². The number of rotatable bonds is 5. The Morgan fingerprint density at radius 3 is 2.74 bits per heavy atom. The molecule has 0 bridgehead atoms. The Kier molecular flexibility index (Phi) is 4.71. The maximum Gasteiger partial charge on any atom is 0.213 e. The van der Waals surface area contributed by atoms with Gasteiger partial charge in [-0.3, -0.25) is 0 Å². The summed E-state index contributed by atoms with van der Waals surface area (Å²) in [6, 6.07) is 9.08. The van der Waals surface area contributed by atoms with Gasteiger partial charge in [0.15, 0.2) is 5.79 Å². The lowest BCUT2D eigenvalue weighted by atomic mass is 10.1. The molecule has 2 heterocycles. The Morgan fingerprint density at radius 1 is 1.22 bits per heavy atom. The molecule has 0 aliphatic carbocycles. The summed E-state index contributed by atoms with van der Waals surface area (Å²) in [6.07, 6.45) is 1.68. The summed E-state index contributed by atoms with van der Waals surface area (Å²) >= 11 is 6.03. The molecule has 23 heavy (non-hydrogen) atoms. The number of benzene rings is 1. The van der Waals surface area contributed by atoms with Crippen LogP contribution in [-0.2, 0) is 21.9 Å². The first kappa shape index (κ1) is 16.1. The van der Waals surface area contributed by atoms with Crippen LogP contribution in [0.15, 0.2) is 36.5 Å². The Morgan fingerprint density at radius 2 is 2.00 bits per heavy atom. The van der Waals surface area contributed by atoms with Crippen LogP contribution in [0.5, 0.6) is 11.6 Å². The van der Waals surface area contributed by atoms with Crippen molar-refractivity contribution >= 4 is 11.6 Å². The molecule has 0 saturated carbocycles. The third-order valence-corrected chi connectivity index (χ3v) is 3.95. The molecular formula is C17H18ClNO4. The molecule has 0 spiro atoms. The molecule has 122 valence electrons. The summed E-state index contributed by atoms with van der Waals surface area (Å²) < 4.78 is 22.4. The van der Waals surface area contributed by atoms with Crippen LogP contribution in [-0.4, -0.2) is 25.3 Å². The van der Waals surface area contributed by atoms with Crippen molar-refractivity contribution in [1.29, 1.82) is 0 Å². The van der Waals surface area contributed by atoms with Gasteiger partial charge in [0.2, 0.25) is 5.88 Å². The highest BCUT2D eigenvalue weighted by Crippen LogP contribution is 2.32. The minimum absolute atomic E-state index is 0.304. The van der Waals surface area contributed by atoms with Crippen LogP contribution in [0.2, 0.25) is 5.02 Å². The van der Waals surface area contributed by atoms with Gasteiger partial charge in [0.1, 0.15) is 12.4 Å². The molecule has 1 saturated heterocycles. The molecule has 0 radical (unpaired) electrons. The second kappa shape index (κ2) is 6.74. The van der Waals surface area contributed by atoms with Crippen molar-refractivity contribution in [3.8, 4) is 11.6 Å². The van der Waals surface area contributed by atoms with Gasteiger partial charge in [0.25, 0.3) is 0 Å². The minimum Gasteiger partial charge on any atom is -0.496 e. The van der Waals surface area contributed by atoms with Gasteiger partial charge in [0, 0.05) is 28.4 Å². The van der Waals surface area contributed by atoms with Crippen molar-refractivity contribution in [3.63, 3.8) is 0 Å². The first-order valence-electron chi connectivity index (χ1n) is 7.30. The fraction of sp³-hybridized carbons (Fsp3) is 0.353. The van der Waals surface area contributed by atoms with Crippen molar-refractivity contribution in [2.24, 2.45) is 0 Å². The second-order valence-electron chi connectivity index (χ2n) is 5.27. The summed E-state index contributed by atoms with van der Waals surface area (Å²) in [5.74, 6) is 0.472. The van der Waals surface area contributed by atoms with E-state index in [2.05, 4.69) is 4.98 Å². The fourth-order valence-electron chi connectivity index (χ4n) is 2.46. The van der Waals surface area contributed by atoms with Crippen LogP contribution in [0.1, 0.15) is 18.1 Å². The average molecular weight is 336 g/mol. The van der Waals surface area contributed by atoms with Gasteiger partial charge in [-0.05, 0) is 31.2 Å². The maximum atomic E-state index is 6.03. The van der Waals surface area contributed by atoms with Crippen LogP contribution in [0.4, 0.5) is 0 Å². The van der Waals surface area contributed by atoms with Gasteiger partial charge in [0.05, 0.1) is 20.3 Å². The van der Waals surface area contributed by atoms with Crippen LogP contribution in [0.3, 0.4) is 0 Å². The third kappa shape index (κ3) is 3.58. The Hall–Kier alpha value is -1.82. The van der Waals surface area contributed by atoms with Crippen LogP contribution < -0.4 is 9.47 Å². The number of pyridine rings is 1. The molecular weight excluding hydrogens is 318 g/mol. The van der Waals surface area contributed by atoms with Crippen LogP contribution in [0.25, 0.3) is 0 Å². The van der Waals surface area contributed by atoms with E-state index in [-0.39, 0.29) is 0 Å². The lowest BCUT2D eigenvalue weighted by Crippen LogP contribution is -2.22. The van der Waals surface area contributed by atoms with Crippen molar-refractivity contribution in [2.75, 3.05) is 20.3 Å². The average Bonchev–Trinajstić information content (AvgIpc) is 3.01. The number of methoxy groups -OCH3 is 1. The van der Waals surface area contributed by atoms with Gasteiger partial charge in [-0.2, -0.15) is 0 Å². The number of hydrogen-bond donors (Lipinski definition) is 0. The largest absolute Gasteiger partial charge is 0.496 e. The molecule has 6 heteroatoms. The van der Waals surface area contributed by atoms with Gasteiger partial charge >= 0.3 is 0 Å². The first-order chi connectivity index (χ1) is 11.1. The van der Waals surface area contributed by atoms with E-state index >= 15 is 0 Å². The predicted molar refractivity (Wildman–Crippen MR) is 85.8 cm³/mol. The molecule has 2 aromatic rings. The molecule has 1 aromatic carbocycles. The Labute approximate surface area is 140 Å². The minimum atomic E-state index is -0.741. The van der Waals surface area contributed by atoms with Crippen molar-refractivity contribution in [3.05, 3.63) is 52.7 Å².